The number of nitrogens with zero attached hydrogens (tertiary/aromatic N) is 2. The predicted octanol–water partition coefficient (Wildman–Crippen LogP) is 2.39. The Balaban J connectivity index is 2.26. The van der Waals surface area contributed by atoms with Gasteiger partial charge in [0, 0.05) is 41.8 Å². The van der Waals surface area contributed by atoms with Crippen molar-refractivity contribution in [3.63, 3.8) is 0 Å². The lowest BCUT2D eigenvalue weighted by molar-refractivity contribution is 1.05. The molecule has 3 aromatic heterocycles. The molecule has 0 spiro atoms. The molecule has 0 fully saturated rings. The second-order valence-electron chi connectivity index (χ2n) is 4.29. The van der Waals surface area contributed by atoms with Gasteiger partial charge in [-0.05, 0) is 36.2 Å². The number of nitrogens with one attached hydrogen (secondary N) is 1. The van der Waals surface area contributed by atoms with Crippen molar-refractivity contribution >= 4 is 11.0 Å². The van der Waals surface area contributed by atoms with Crippen LogP contribution in [0.5, 0.6) is 0 Å². The summed E-state index contributed by atoms with van der Waals surface area (Å²) >= 11 is 0. The summed E-state index contributed by atoms with van der Waals surface area (Å²) < 4.78 is 0. The highest BCUT2D eigenvalue weighted by molar-refractivity contribution is 5.94. The third-order valence-electron chi connectivity index (χ3n) is 3.09. The fourth-order valence-electron chi connectivity index (χ4n) is 2.18. The zero-order chi connectivity index (χ0) is 12.5. The Labute approximate surface area is 105 Å². The summed E-state index contributed by atoms with van der Waals surface area (Å²) in [6, 6.07) is 6.10. The van der Waals surface area contributed by atoms with E-state index in [2.05, 4.69) is 21.0 Å². The van der Waals surface area contributed by atoms with Crippen molar-refractivity contribution < 1.29 is 0 Å². The van der Waals surface area contributed by atoms with Gasteiger partial charge in [-0.25, -0.2) is 4.98 Å². The van der Waals surface area contributed by atoms with E-state index in [0.29, 0.717) is 6.54 Å². The molecule has 4 nitrogen and oxygen atoms in total. The molecular formula is C14H14N4. The molecule has 0 saturated carbocycles. The van der Waals surface area contributed by atoms with Crippen LogP contribution in [0.25, 0.3) is 22.2 Å². The first kappa shape index (κ1) is 10.9. The molecule has 0 aliphatic carbocycles. The first-order valence-electron chi connectivity index (χ1n) is 5.87. The smallest absolute Gasteiger partial charge is 0.138 e. The van der Waals surface area contributed by atoms with Crippen LogP contribution < -0.4 is 5.73 Å². The van der Waals surface area contributed by atoms with E-state index in [1.807, 2.05) is 31.5 Å². The van der Waals surface area contributed by atoms with Gasteiger partial charge < -0.3 is 10.7 Å². The van der Waals surface area contributed by atoms with E-state index in [1.165, 1.54) is 0 Å². The number of aromatic nitrogens is 3. The molecule has 0 amide bonds. The van der Waals surface area contributed by atoms with Gasteiger partial charge >= 0.3 is 0 Å². The molecule has 3 heterocycles. The minimum atomic E-state index is 0.481. The van der Waals surface area contributed by atoms with Crippen molar-refractivity contribution in [3.05, 3.63) is 48.0 Å². The van der Waals surface area contributed by atoms with E-state index in [9.17, 15) is 0 Å². The zero-order valence-electron chi connectivity index (χ0n) is 10.1. The summed E-state index contributed by atoms with van der Waals surface area (Å²) in [6.45, 7) is 2.47. The summed E-state index contributed by atoms with van der Waals surface area (Å²) in [6.07, 6.45) is 5.58. The van der Waals surface area contributed by atoms with E-state index in [-0.39, 0.29) is 0 Å². The Bertz CT molecular complexity index is 700. The summed E-state index contributed by atoms with van der Waals surface area (Å²) in [5.74, 6) is 0. The van der Waals surface area contributed by atoms with E-state index >= 15 is 0 Å². The van der Waals surface area contributed by atoms with Gasteiger partial charge in [-0.2, -0.15) is 0 Å². The van der Waals surface area contributed by atoms with E-state index < -0.39 is 0 Å². The van der Waals surface area contributed by atoms with Crippen molar-refractivity contribution in [1.29, 1.82) is 0 Å². The summed E-state index contributed by atoms with van der Waals surface area (Å²) in [7, 11) is 0. The fraction of sp³-hybridized carbons (Fsp3) is 0.143. The molecule has 0 atom stereocenters. The Morgan fingerprint density at radius 3 is 2.94 bits per heavy atom. The Kier molecular flexibility index (Phi) is 2.57. The quantitative estimate of drug-likeness (QED) is 0.720. The molecule has 0 aliphatic heterocycles. The lowest BCUT2D eigenvalue weighted by atomic mass is 10.0. The standard InChI is InChI=1S/C14H14N4/c1-9-2-3-12-13(8-17-14(12)18-9)11-4-5-16-7-10(11)6-15/h2-5,7-8H,6,15H2,1H3,(H,17,18). The van der Waals surface area contributed by atoms with Crippen LogP contribution in [-0.4, -0.2) is 15.0 Å². The van der Waals surface area contributed by atoms with Crippen molar-refractivity contribution in [1.82, 2.24) is 15.0 Å². The molecule has 0 bridgehead atoms. The van der Waals surface area contributed by atoms with Crippen LogP contribution in [0, 0.1) is 6.92 Å². The molecule has 0 aliphatic rings. The molecule has 0 radical (unpaired) electrons. The molecule has 3 aromatic rings. The van der Waals surface area contributed by atoms with Gasteiger partial charge in [-0.3, -0.25) is 4.98 Å². The van der Waals surface area contributed by atoms with Gasteiger partial charge in [-0.15, -0.1) is 0 Å². The minimum Gasteiger partial charge on any atom is -0.346 e. The normalized spacial score (nSPS) is 11.0. The third kappa shape index (κ3) is 1.67. The SMILES string of the molecule is Cc1ccc2c(-c3ccncc3CN)c[nH]c2n1. The van der Waals surface area contributed by atoms with Crippen LogP contribution >= 0.6 is 0 Å². The van der Waals surface area contributed by atoms with Crippen LogP contribution in [-0.2, 0) is 6.54 Å². The highest BCUT2D eigenvalue weighted by Crippen LogP contribution is 2.29. The first-order valence-corrected chi connectivity index (χ1v) is 5.87. The van der Waals surface area contributed by atoms with Crippen molar-refractivity contribution in [3.8, 4) is 11.1 Å². The lowest BCUT2D eigenvalue weighted by Crippen LogP contribution is -1.99. The Morgan fingerprint density at radius 2 is 2.11 bits per heavy atom. The Morgan fingerprint density at radius 1 is 1.22 bits per heavy atom. The number of fused-ring (bicyclic) bond motifs is 1. The van der Waals surface area contributed by atoms with E-state index in [4.69, 9.17) is 5.73 Å². The van der Waals surface area contributed by atoms with Gasteiger partial charge in [0.2, 0.25) is 0 Å². The monoisotopic (exact) mass is 238 g/mol. The average molecular weight is 238 g/mol. The van der Waals surface area contributed by atoms with Crippen LogP contribution in [0.3, 0.4) is 0 Å². The topological polar surface area (TPSA) is 67.6 Å². The number of rotatable bonds is 2. The zero-order valence-corrected chi connectivity index (χ0v) is 10.1. The van der Waals surface area contributed by atoms with Gasteiger partial charge in [-0.1, -0.05) is 0 Å². The molecule has 3 rings (SSSR count). The van der Waals surface area contributed by atoms with Crippen LogP contribution in [0.4, 0.5) is 0 Å². The van der Waals surface area contributed by atoms with Gasteiger partial charge in [0.15, 0.2) is 0 Å². The average Bonchev–Trinajstić information content (AvgIpc) is 2.81. The maximum Gasteiger partial charge on any atom is 0.138 e. The fourth-order valence-corrected chi connectivity index (χ4v) is 2.18. The second kappa shape index (κ2) is 4.23. The maximum atomic E-state index is 5.76. The third-order valence-corrected chi connectivity index (χ3v) is 3.09. The molecule has 18 heavy (non-hydrogen) atoms. The number of aromatic amines is 1. The molecule has 0 unspecified atom stereocenters. The maximum absolute atomic E-state index is 5.76. The van der Waals surface area contributed by atoms with E-state index in [0.717, 1.165) is 33.4 Å². The van der Waals surface area contributed by atoms with Crippen molar-refractivity contribution in [2.75, 3.05) is 0 Å². The number of H-pyrrole nitrogens is 1. The van der Waals surface area contributed by atoms with Gasteiger partial charge in [0.25, 0.3) is 0 Å². The highest BCUT2D eigenvalue weighted by atomic mass is 14.8. The second-order valence-corrected chi connectivity index (χ2v) is 4.29. The molecular weight excluding hydrogens is 224 g/mol. The van der Waals surface area contributed by atoms with Crippen molar-refractivity contribution in [2.24, 2.45) is 5.73 Å². The molecule has 0 saturated heterocycles. The predicted molar refractivity (Wildman–Crippen MR) is 72.0 cm³/mol. The largest absolute Gasteiger partial charge is 0.346 e. The molecule has 3 N–H and O–H groups in total. The van der Waals surface area contributed by atoms with Crippen molar-refractivity contribution in [2.45, 2.75) is 13.5 Å². The number of hydrogen-bond acceptors (Lipinski definition) is 3. The molecule has 4 heteroatoms. The number of aryl methyl sites for hydroxylation is 1. The summed E-state index contributed by atoms with van der Waals surface area (Å²) in [5.41, 5.74) is 11.0. The first-order chi connectivity index (χ1) is 8.79. The van der Waals surface area contributed by atoms with Crippen LogP contribution in [0.15, 0.2) is 36.8 Å². The number of pyridine rings is 2. The van der Waals surface area contributed by atoms with Gasteiger partial charge in [0.05, 0.1) is 0 Å². The summed E-state index contributed by atoms with van der Waals surface area (Å²) in [4.78, 5) is 11.8. The van der Waals surface area contributed by atoms with Crippen LogP contribution in [0.2, 0.25) is 0 Å². The number of nitrogens with two attached hydrogens (primary N) is 1. The molecule has 90 valence electrons. The highest BCUT2D eigenvalue weighted by Gasteiger charge is 2.10. The Hall–Kier alpha value is -2.20. The van der Waals surface area contributed by atoms with E-state index in [1.54, 1.807) is 6.20 Å². The lowest BCUT2D eigenvalue weighted by Gasteiger charge is -2.05. The van der Waals surface area contributed by atoms with Crippen LogP contribution in [0.1, 0.15) is 11.3 Å². The minimum absolute atomic E-state index is 0.481. The number of hydrogen-bond donors (Lipinski definition) is 2. The summed E-state index contributed by atoms with van der Waals surface area (Å²) in [5, 5.41) is 1.11. The van der Waals surface area contributed by atoms with Gasteiger partial charge in [0.1, 0.15) is 5.65 Å². The molecule has 0 aromatic carbocycles.